The van der Waals surface area contributed by atoms with E-state index in [9.17, 15) is 15.0 Å². The largest absolute Gasteiger partial charge is 0.507 e. The van der Waals surface area contributed by atoms with E-state index in [0.29, 0.717) is 28.6 Å². The first-order valence-electron chi connectivity index (χ1n) is 8.32. The fourth-order valence-corrected chi connectivity index (χ4v) is 4.39. The van der Waals surface area contributed by atoms with Crippen LogP contribution in [0.25, 0.3) is 0 Å². The molecule has 1 unspecified atom stereocenters. The zero-order valence-electron chi connectivity index (χ0n) is 13.8. The smallest absolute Gasteiger partial charge is 0.269 e. The fraction of sp³-hybridized carbons (Fsp3) is 0.389. The van der Waals surface area contributed by atoms with Gasteiger partial charge in [-0.3, -0.25) is 4.79 Å². The van der Waals surface area contributed by atoms with Crippen molar-refractivity contribution in [2.75, 3.05) is 18.2 Å². The highest BCUT2D eigenvalue weighted by Crippen LogP contribution is 2.52. The maximum atomic E-state index is 13.1. The van der Waals surface area contributed by atoms with Gasteiger partial charge in [0.05, 0.1) is 10.6 Å². The molecule has 132 valence electrons. The van der Waals surface area contributed by atoms with Gasteiger partial charge in [-0.05, 0) is 23.9 Å². The van der Waals surface area contributed by atoms with Crippen LogP contribution in [0, 0.1) is 0 Å². The number of fused-ring (bicyclic) bond motifs is 2. The van der Waals surface area contributed by atoms with Crippen LogP contribution in [0.15, 0.2) is 23.6 Å². The second-order valence-electron chi connectivity index (χ2n) is 6.23. The first-order valence-corrected chi connectivity index (χ1v) is 9.20. The number of nitrogens with zero attached hydrogens (tertiary/aromatic N) is 1. The van der Waals surface area contributed by atoms with Gasteiger partial charge in [-0.1, -0.05) is 19.8 Å². The Labute approximate surface area is 149 Å². The number of ether oxygens (including phenoxy) is 2. The number of amides is 1. The van der Waals surface area contributed by atoms with Gasteiger partial charge >= 0.3 is 0 Å². The highest BCUT2D eigenvalue weighted by atomic mass is 32.1. The minimum absolute atomic E-state index is 0.0536. The highest BCUT2D eigenvalue weighted by molar-refractivity contribution is 7.11. The van der Waals surface area contributed by atoms with Crippen LogP contribution >= 0.6 is 11.3 Å². The Bertz CT molecular complexity index is 833. The molecule has 2 aliphatic heterocycles. The lowest BCUT2D eigenvalue weighted by Gasteiger charge is -2.24. The first-order chi connectivity index (χ1) is 12.1. The van der Waals surface area contributed by atoms with E-state index in [-0.39, 0.29) is 18.1 Å². The summed E-state index contributed by atoms with van der Waals surface area (Å²) in [4.78, 5) is 15.2. The molecule has 0 radical (unpaired) electrons. The first kappa shape index (κ1) is 16.2. The molecule has 25 heavy (non-hydrogen) atoms. The average Bonchev–Trinajstić information content (AvgIpc) is 3.29. The molecule has 6 nitrogen and oxygen atoms in total. The summed E-state index contributed by atoms with van der Waals surface area (Å²) in [6, 6.07) is 4.72. The Kier molecular flexibility index (Phi) is 3.85. The van der Waals surface area contributed by atoms with Crippen LogP contribution in [0.4, 0.5) is 5.69 Å². The summed E-state index contributed by atoms with van der Waals surface area (Å²) in [5.74, 6) is 0.201. The quantitative estimate of drug-likeness (QED) is 0.801. The molecule has 0 saturated carbocycles. The molecule has 1 atom stereocenters. The number of anilines is 1. The molecule has 2 aliphatic rings. The predicted octanol–water partition coefficient (Wildman–Crippen LogP) is 2.96. The third-order valence-electron chi connectivity index (χ3n) is 4.68. The van der Waals surface area contributed by atoms with Gasteiger partial charge < -0.3 is 24.6 Å². The van der Waals surface area contributed by atoms with Crippen molar-refractivity contribution in [2.45, 2.75) is 31.8 Å². The molecule has 0 aliphatic carbocycles. The zero-order valence-corrected chi connectivity index (χ0v) is 14.6. The molecule has 1 aromatic carbocycles. The summed E-state index contributed by atoms with van der Waals surface area (Å²) in [5, 5.41) is 23.6. The second kappa shape index (κ2) is 5.93. The summed E-state index contributed by atoms with van der Waals surface area (Å²) in [7, 11) is 0. The molecule has 2 N–H and O–H groups in total. The molecule has 3 heterocycles. The van der Waals surface area contributed by atoms with E-state index in [1.807, 2.05) is 11.4 Å². The summed E-state index contributed by atoms with van der Waals surface area (Å²) < 4.78 is 10.6. The standard InChI is InChI=1S/C18H19NO5S/c1-2-3-4-6-19-12-5-7-25-16(12)18(22,17(19)21)11-8-14-15(9-13(11)20)24-10-23-14/h5,7-9,20,22H,2-4,6,10H2,1H3. The van der Waals surface area contributed by atoms with Crippen LogP contribution in [0.2, 0.25) is 0 Å². The number of unbranched alkanes of at least 4 members (excludes halogenated alkanes) is 2. The van der Waals surface area contributed by atoms with Crippen molar-refractivity contribution < 1.29 is 24.5 Å². The van der Waals surface area contributed by atoms with Gasteiger partial charge in [0.1, 0.15) is 5.75 Å². The maximum Gasteiger partial charge on any atom is 0.269 e. The Morgan fingerprint density at radius 3 is 2.80 bits per heavy atom. The number of aliphatic hydroxyl groups is 1. The van der Waals surface area contributed by atoms with Crippen LogP contribution in [-0.2, 0) is 10.4 Å². The molecule has 0 saturated heterocycles. The van der Waals surface area contributed by atoms with Gasteiger partial charge in [0.25, 0.3) is 5.91 Å². The van der Waals surface area contributed by atoms with E-state index in [0.717, 1.165) is 19.3 Å². The number of hydrogen-bond donors (Lipinski definition) is 2. The number of phenolic OH excluding ortho intramolecular Hbond substituents is 1. The Morgan fingerprint density at radius 2 is 2.04 bits per heavy atom. The molecule has 0 spiro atoms. The van der Waals surface area contributed by atoms with Crippen LogP contribution in [-0.4, -0.2) is 29.5 Å². The van der Waals surface area contributed by atoms with Crippen molar-refractivity contribution in [1.29, 1.82) is 0 Å². The van der Waals surface area contributed by atoms with Gasteiger partial charge in [-0.25, -0.2) is 0 Å². The third-order valence-corrected chi connectivity index (χ3v) is 5.70. The molecule has 0 fully saturated rings. The van der Waals surface area contributed by atoms with Gasteiger partial charge in [-0.15, -0.1) is 11.3 Å². The fourth-order valence-electron chi connectivity index (χ4n) is 3.39. The van der Waals surface area contributed by atoms with E-state index >= 15 is 0 Å². The van der Waals surface area contributed by atoms with Gasteiger partial charge in [0, 0.05) is 18.2 Å². The Balaban J connectivity index is 1.78. The number of carbonyl (C=O) groups is 1. The lowest BCUT2D eigenvalue weighted by molar-refractivity contribution is -0.132. The van der Waals surface area contributed by atoms with Gasteiger partial charge in [-0.2, -0.15) is 0 Å². The van der Waals surface area contributed by atoms with Crippen LogP contribution in [0.5, 0.6) is 17.2 Å². The van der Waals surface area contributed by atoms with Gasteiger partial charge in [0.15, 0.2) is 11.5 Å². The van der Waals surface area contributed by atoms with Crippen molar-refractivity contribution in [3.63, 3.8) is 0 Å². The van der Waals surface area contributed by atoms with Crippen molar-refractivity contribution in [3.8, 4) is 17.2 Å². The topological polar surface area (TPSA) is 79.2 Å². The van der Waals surface area contributed by atoms with Crippen LogP contribution in [0.1, 0.15) is 36.6 Å². The SMILES string of the molecule is CCCCCN1C(=O)C(O)(c2cc3c(cc2O)OCO3)c2sccc21. The highest BCUT2D eigenvalue weighted by Gasteiger charge is 2.53. The van der Waals surface area contributed by atoms with Crippen molar-refractivity contribution in [1.82, 2.24) is 0 Å². The molecule has 4 rings (SSSR count). The molecular weight excluding hydrogens is 342 g/mol. The molecule has 0 bridgehead atoms. The normalized spacial score (nSPS) is 21.0. The monoisotopic (exact) mass is 361 g/mol. The predicted molar refractivity (Wildman–Crippen MR) is 93.4 cm³/mol. The zero-order chi connectivity index (χ0) is 17.6. The molecular formula is C18H19NO5S. The third kappa shape index (κ3) is 2.30. The number of benzene rings is 1. The van der Waals surface area contributed by atoms with Crippen LogP contribution in [0.3, 0.4) is 0 Å². The summed E-state index contributed by atoms with van der Waals surface area (Å²) in [6.07, 6.45) is 2.92. The number of rotatable bonds is 5. The molecule has 2 aromatic rings. The maximum absolute atomic E-state index is 13.1. The minimum Gasteiger partial charge on any atom is -0.507 e. The van der Waals surface area contributed by atoms with E-state index in [1.54, 1.807) is 4.90 Å². The molecule has 7 heteroatoms. The minimum atomic E-state index is -1.90. The Morgan fingerprint density at radius 1 is 1.28 bits per heavy atom. The van der Waals surface area contributed by atoms with Crippen molar-refractivity contribution in [3.05, 3.63) is 34.0 Å². The van der Waals surface area contributed by atoms with E-state index in [1.165, 1.54) is 23.5 Å². The van der Waals surface area contributed by atoms with E-state index in [2.05, 4.69) is 6.92 Å². The van der Waals surface area contributed by atoms with E-state index < -0.39 is 11.5 Å². The van der Waals surface area contributed by atoms with Crippen molar-refractivity contribution >= 4 is 22.9 Å². The lowest BCUT2D eigenvalue weighted by Crippen LogP contribution is -2.41. The number of aromatic hydroxyl groups is 1. The number of thiophene rings is 1. The number of carbonyl (C=O) groups excluding carboxylic acids is 1. The Hall–Kier alpha value is -2.25. The molecule has 1 amide bonds. The van der Waals surface area contributed by atoms with E-state index in [4.69, 9.17) is 9.47 Å². The summed E-state index contributed by atoms with van der Waals surface area (Å²) in [5.41, 5.74) is -1.06. The summed E-state index contributed by atoms with van der Waals surface area (Å²) >= 11 is 1.31. The van der Waals surface area contributed by atoms with Crippen molar-refractivity contribution in [2.24, 2.45) is 0 Å². The lowest BCUT2D eigenvalue weighted by atomic mass is 9.91. The number of phenols is 1. The molecule has 1 aromatic heterocycles. The van der Waals surface area contributed by atoms with Crippen LogP contribution < -0.4 is 14.4 Å². The average molecular weight is 361 g/mol. The second-order valence-corrected chi connectivity index (χ2v) is 7.15. The van der Waals surface area contributed by atoms with Gasteiger partial charge in [0.2, 0.25) is 12.4 Å². The number of hydrogen-bond acceptors (Lipinski definition) is 6. The summed E-state index contributed by atoms with van der Waals surface area (Å²) in [6.45, 7) is 2.70.